The van der Waals surface area contributed by atoms with E-state index < -0.39 is 11.7 Å². The molecule has 0 radical (unpaired) electrons. The van der Waals surface area contributed by atoms with Gasteiger partial charge < -0.3 is 10.3 Å². The van der Waals surface area contributed by atoms with Crippen LogP contribution in [0.1, 0.15) is 16.0 Å². The van der Waals surface area contributed by atoms with E-state index in [4.69, 9.17) is 5.84 Å². The molecular formula is C13H13F3N4S. The van der Waals surface area contributed by atoms with Crippen LogP contribution in [0.5, 0.6) is 0 Å². The Morgan fingerprint density at radius 1 is 1.33 bits per heavy atom. The first-order valence-corrected chi connectivity index (χ1v) is 7.21. The van der Waals surface area contributed by atoms with Gasteiger partial charge in [0.05, 0.1) is 5.56 Å². The van der Waals surface area contributed by atoms with E-state index in [1.54, 1.807) is 11.3 Å². The van der Waals surface area contributed by atoms with Gasteiger partial charge in [0.1, 0.15) is 11.6 Å². The minimum Gasteiger partial charge on any atom is -0.352 e. The predicted octanol–water partition coefficient (Wildman–Crippen LogP) is 3.01. The van der Waals surface area contributed by atoms with Crippen molar-refractivity contribution in [3.05, 3.63) is 39.6 Å². The summed E-state index contributed by atoms with van der Waals surface area (Å²) in [6.45, 7) is 1.21. The van der Waals surface area contributed by atoms with Crippen molar-refractivity contribution < 1.29 is 13.2 Å². The van der Waals surface area contributed by atoms with Gasteiger partial charge in [-0.25, -0.2) is 10.8 Å². The van der Waals surface area contributed by atoms with Crippen molar-refractivity contribution in [2.24, 2.45) is 5.84 Å². The number of pyridine rings is 1. The second kappa shape index (κ2) is 5.19. The number of hydrazine groups is 1. The number of hydrogen-bond donors (Lipinski definition) is 2. The lowest BCUT2D eigenvalue weighted by molar-refractivity contribution is -0.137. The zero-order valence-corrected chi connectivity index (χ0v) is 11.8. The molecule has 0 atom stereocenters. The first-order valence-electron chi connectivity index (χ1n) is 6.33. The number of nitrogens with one attached hydrogen (secondary N) is 1. The second-order valence-electron chi connectivity index (χ2n) is 4.78. The molecule has 1 aliphatic heterocycles. The van der Waals surface area contributed by atoms with Crippen LogP contribution in [-0.4, -0.2) is 11.5 Å². The third-order valence-corrected chi connectivity index (χ3v) is 4.44. The second-order valence-corrected chi connectivity index (χ2v) is 5.78. The fourth-order valence-corrected chi connectivity index (χ4v) is 3.25. The van der Waals surface area contributed by atoms with Crippen LogP contribution in [-0.2, 0) is 19.1 Å². The molecule has 0 aromatic carbocycles. The van der Waals surface area contributed by atoms with Crippen LogP contribution in [0, 0.1) is 0 Å². The molecule has 4 nitrogen and oxygen atoms in total. The van der Waals surface area contributed by atoms with E-state index in [2.05, 4.69) is 10.4 Å². The van der Waals surface area contributed by atoms with Gasteiger partial charge in [0, 0.05) is 18.0 Å². The molecule has 0 saturated heterocycles. The molecule has 0 aliphatic carbocycles. The number of halogens is 3. The van der Waals surface area contributed by atoms with E-state index in [1.165, 1.54) is 4.88 Å². The number of fused-ring (bicyclic) bond motifs is 1. The van der Waals surface area contributed by atoms with E-state index in [0.717, 1.165) is 24.1 Å². The van der Waals surface area contributed by atoms with Crippen LogP contribution >= 0.6 is 11.3 Å². The highest BCUT2D eigenvalue weighted by molar-refractivity contribution is 7.10. The summed E-state index contributed by atoms with van der Waals surface area (Å²) in [7, 11) is 0. The monoisotopic (exact) mass is 314 g/mol. The van der Waals surface area contributed by atoms with E-state index in [9.17, 15) is 13.2 Å². The molecule has 21 heavy (non-hydrogen) atoms. The Hall–Kier alpha value is -1.80. The largest absolute Gasteiger partial charge is 0.416 e. The Balaban J connectivity index is 1.95. The molecule has 3 rings (SSSR count). The van der Waals surface area contributed by atoms with Crippen LogP contribution in [0.25, 0.3) is 0 Å². The number of nitrogen functional groups attached to an aromatic ring is 1. The molecule has 2 aromatic heterocycles. The van der Waals surface area contributed by atoms with Crippen LogP contribution in [0.4, 0.5) is 24.8 Å². The van der Waals surface area contributed by atoms with Crippen molar-refractivity contribution in [3.8, 4) is 0 Å². The normalized spacial score (nSPS) is 15.0. The summed E-state index contributed by atoms with van der Waals surface area (Å²) >= 11 is 1.68. The van der Waals surface area contributed by atoms with Gasteiger partial charge in [-0.2, -0.15) is 13.2 Å². The van der Waals surface area contributed by atoms with Crippen LogP contribution in [0.3, 0.4) is 0 Å². The Kier molecular flexibility index (Phi) is 3.50. The van der Waals surface area contributed by atoms with Crippen molar-refractivity contribution >= 4 is 23.0 Å². The highest BCUT2D eigenvalue weighted by atomic mass is 32.1. The quantitative estimate of drug-likeness (QED) is 0.661. The lowest BCUT2D eigenvalue weighted by Crippen LogP contribution is -2.30. The summed E-state index contributed by atoms with van der Waals surface area (Å²) in [5.41, 5.74) is 2.59. The molecule has 0 amide bonds. The molecule has 112 valence electrons. The Morgan fingerprint density at radius 2 is 2.14 bits per heavy atom. The van der Waals surface area contributed by atoms with Crippen molar-refractivity contribution in [1.29, 1.82) is 0 Å². The van der Waals surface area contributed by atoms with Gasteiger partial charge in [-0.15, -0.1) is 11.3 Å². The minimum absolute atomic E-state index is 0.0101. The highest BCUT2D eigenvalue weighted by Crippen LogP contribution is 2.34. The number of thiophene rings is 1. The van der Waals surface area contributed by atoms with Gasteiger partial charge in [0.15, 0.2) is 0 Å². The summed E-state index contributed by atoms with van der Waals surface area (Å²) < 4.78 is 38.8. The maximum Gasteiger partial charge on any atom is 0.416 e. The molecule has 8 heteroatoms. The first-order chi connectivity index (χ1) is 9.97. The third kappa shape index (κ3) is 2.81. The zero-order valence-electron chi connectivity index (χ0n) is 10.9. The number of nitrogens with zero attached hydrogens (tertiary/aromatic N) is 2. The van der Waals surface area contributed by atoms with Crippen molar-refractivity contribution in [2.45, 2.75) is 19.1 Å². The summed E-state index contributed by atoms with van der Waals surface area (Å²) in [5.74, 6) is 5.52. The maximum atomic E-state index is 12.9. The molecule has 0 saturated carbocycles. The summed E-state index contributed by atoms with van der Waals surface area (Å²) in [5, 5.41) is 2.00. The lowest BCUT2D eigenvalue weighted by Gasteiger charge is -2.28. The SMILES string of the molecule is NNc1cc(C(F)(F)F)cc(N2CCc3sccc3C2)n1. The third-order valence-electron chi connectivity index (χ3n) is 3.42. The molecule has 0 bridgehead atoms. The summed E-state index contributed by atoms with van der Waals surface area (Å²) in [4.78, 5) is 7.27. The number of rotatable bonds is 2. The number of aromatic nitrogens is 1. The zero-order chi connectivity index (χ0) is 15.0. The molecule has 0 unspecified atom stereocenters. The van der Waals surface area contributed by atoms with Gasteiger partial charge in [-0.3, -0.25) is 0 Å². The molecule has 3 heterocycles. The smallest absolute Gasteiger partial charge is 0.352 e. The fraction of sp³-hybridized carbons (Fsp3) is 0.308. The van der Waals surface area contributed by atoms with Gasteiger partial charge in [-0.05, 0) is 35.6 Å². The first kappa shape index (κ1) is 14.2. The van der Waals surface area contributed by atoms with E-state index >= 15 is 0 Å². The van der Waals surface area contributed by atoms with Gasteiger partial charge in [0.25, 0.3) is 0 Å². The standard InChI is InChI=1S/C13H13F3N4S/c14-13(15,16)9-5-11(19-17)18-12(6-9)20-3-1-10-8(7-20)2-4-21-10/h2,4-6H,1,3,7,17H2,(H,18,19). The number of anilines is 2. The molecule has 2 aromatic rings. The van der Waals surface area contributed by atoms with Gasteiger partial charge in [-0.1, -0.05) is 0 Å². The average molecular weight is 314 g/mol. The summed E-state index contributed by atoms with van der Waals surface area (Å²) in [6, 6.07) is 3.98. The van der Waals surface area contributed by atoms with Gasteiger partial charge >= 0.3 is 6.18 Å². The van der Waals surface area contributed by atoms with Crippen LogP contribution in [0.15, 0.2) is 23.6 Å². The van der Waals surface area contributed by atoms with Crippen LogP contribution in [0.2, 0.25) is 0 Å². The van der Waals surface area contributed by atoms with Gasteiger partial charge in [0.2, 0.25) is 0 Å². The van der Waals surface area contributed by atoms with E-state index in [0.29, 0.717) is 13.1 Å². The average Bonchev–Trinajstić information content (AvgIpc) is 2.93. The topological polar surface area (TPSA) is 54.2 Å². The van der Waals surface area contributed by atoms with Crippen molar-refractivity contribution in [1.82, 2.24) is 4.98 Å². The molecule has 0 fully saturated rings. The predicted molar refractivity (Wildman–Crippen MR) is 76.1 cm³/mol. The molecule has 0 spiro atoms. The van der Waals surface area contributed by atoms with Crippen LogP contribution < -0.4 is 16.2 Å². The summed E-state index contributed by atoms with van der Waals surface area (Å²) in [6.07, 6.45) is -3.61. The highest BCUT2D eigenvalue weighted by Gasteiger charge is 2.32. The fourth-order valence-electron chi connectivity index (χ4n) is 2.36. The Labute approximate surface area is 123 Å². The Bertz CT molecular complexity index is 653. The maximum absolute atomic E-state index is 12.9. The lowest BCUT2D eigenvalue weighted by atomic mass is 10.1. The van der Waals surface area contributed by atoms with E-state index in [-0.39, 0.29) is 11.6 Å². The molecular weight excluding hydrogens is 301 g/mol. The molecule has 3 N–H and O–H groups in total. The number of nitrogens with two attached hydrogens (primary N) is 1. The van der Waals surface area contributed by atoms with E-state index in [1.807, 2.05) is 16.3 Å². The molecule has 1 aliphatic rings. The number of hydrogen-bond acceptors (Lipinski definition) is 5. The van der Waals surface area contributed by atoms with Crippen molar-refractivity contribution in [3.63, 3.8) is 0 Å². The number of alkyl halides is 3. The van der Waals surface area contributed by atoms with Crippen molar-refractivity contribution in [2.75, 3.05) is 16.9 Å². The Morgan fingerprint density at radius 3 is 2.86 bits per heavy atom. The minimum atomic E-state index is -4.42.